The number of anilines is 1. The second-order valence-electron chi connectivity index (χ2n) is 6.98. The minimum atomic E-state index is -2.97. The van der Waals surface area contributed by atoms with Gasteiger partial charge in [0.05, 0.1) is 16.5 Å². The van der Waals surface area contributed by atoms with Crippen LogP contribution in [0.15, 0.2) is 46.6 Å². The predicted molar refractivity (Wildman–Crippen MR) is 109 cm³/mol. The highest BCUT2D eigenvalue weighted by Gasteiger charge is 2.32. The molecule has 0 radical (unpaired) electrons. The lowest BCUT2D eigenvalue weighted by molar-refractivity contribution is 0.134. The molecule has 30 heavy (non-hydrogen) atoms. The van der Waals surface area contributed by atoms with Gasteiger partial charge in [-0.05, 0) is 34.8 Å². The lowest BCUT2D eigenvalue weighted by Gasteiger charge is -2.31. The van der Waals surface area contributed by atoms with Crippen molar-refractivity contribution in [1.29, 1.82) is 0 Å². The number of hydrogen-bond acceptors (Lipinski definition) is 4. The van der Waals surface area contributed by atoms with Crippen LogP contribution in [0.2, 0.25) is 0 Å². The molecule has 2 aromatic heterocycles. The molecule has 0 spiro atoms. The number of alkyl halides is 3. The molecule has 0 amide bonds. The average molecular weight is 483 g/mol. The molecule has 1 aromatic carbocycles. The van der Waals surface area contributed by atoms with Crippen molar-refractivity contribution in [2.24, 2.45) is 0 Å². The van der Waals surface area contributed by atoms with Gasteiger partial charge in [0.2, 0.25) is 0 Å². The van der Waals surface area contributed by atoms with E-state index in [1.54, 1.807) is 0 Å². The monoisotopic (exact) mass is 482 g/mol. The second-order valence-corrected chi connectivity index (χ2v) is 7.77. The molecule has 1 aliphatic rings. The smallest absolute Gasteiger partial charge is 0.267 e. The minimum absolute atomic E-state index is 0.0105. The molecule has 2 heterocycles. The number of pyridine rings is 1. The molecule has 0 bridgehead atoms. The summed E-state index contributed by atoms with van der Waals surface area (Å²) in [6.07, 6.45) is -0.741. The van der Waals surface area contributed by atoms with Crippen molar-refractivity contribution >= 4 is 38.3 Å². The van der Waals surface area contributed by atoms with E-state index >= 15 is 0 Å². The summed E-state index contributed by atoms with van der Waals surface area (Å²) in [6, 6.07) is 3.35. The van der Waals surface area contributed by atoms with E-state index in [1.807, 2.05) is 0 Å². The SMILES string of the molecule is C=C(Nc1ncnc2c(Br)c(=O)n(C3CC(F)C3)cc12)c1cccc(C(F)F)c1F. The highest BCUT2D eigenvalue weighted by molar-refractivity contribution is 9.10. The van der Waals surface area contributed by atoms with Crippen molar-refractivity contribution < 1.29 is 17.6 Å². The third kappa shape index (κ3) is 3.49. The summed E-state index contributed by atoms with van der Waals surface area (Å²) in [5, 5.41) is 3.24. The highest BCUT2D eigenvalue weighted by atomic mass is 79.9. The third-order valence-corrected chi connectivity index (χ3v) is 5.80. The molecule has 1 fully saturated rings. The Bertz CT molecular complexity index is 1210. The molecule has 156 valence electrons. The number of hydrogen-bond donors (Lipinski definition) is 1. The van der Waals surface area contributed by atoms with Crippen LogP contribution in [0.25, 0.3) is 16.6 Å². The van der Waals surface area contributed by atoms with E-state index in [1.165, 1.54) is 29.2 Å². The Morgan fingerprint density at radius 3 is 2.70 bits per heavy atom. The van der Waals surface area contributed by atoms with E-state index in [9.17, 15) is 22.4 Å². The van der Waals surface area contributed by atoms with E-state index < -0.39 is 24.0 Å². The third-order valence-electron chi connectivity index (χ3n) is 5.09. The number of rotatable bonds is 5. The first-order valence-electron chi connectivity index (χ1n) is 9.00. The predicted octanol–water partition coefficient (Wildman–Crippen LogP) is 5.39. The molecule has 0 aliphatic heterocycles. The van der Waals surface area contributed by atoms with Gasteiger partial charge in [-0.15, -0.1) is 0 Å². The summed E-state index contributed by atoms with van der Waals surface area (Å²) >= 11 is 3.24. The topological polar surface area (TPSA) is 59.8 Å². The fourth-order valence-corrected chi connectivity index (χ4v) is 3.91. The first kappa shape index (κ1) is 20.5. The number of fused-ring (bicyclic) bond motifs is 1. The molecule has 4 rings (SSSR count). The molecular weight excluding hydrogens is 468 g/mol. The molecule has 0 atom stereocenters. The van der Waals surface area contributed by atoms with Crippen molar-refractivity contribution in [3.8, 4) is 0 Å². The van der Waals surface area contributed by atoms with Gasteiger partial charge in [0, 0.05) is 23.5 Å². The van der Waals surface area contributed by atoms with Crippen molar-refractivity contribution in [1.82, 2.24) is 14.5 Å². The Balaban J connectivity index is 1.76. The first-order valence-corrected chi connectivity index (χ1v) is 9.79. The standard InChI is InChI=1S/C20H15BrF4N4O/c1-9(12-3-2-4-13(16(12)23)18(24)25)28-19-14-7-29(11-5-10(22)6-11)20(30)15(21)17(14)26-8-27-19/h2-4,7-8,10-11,18H,1,5-6H2,(H,26,27,28). The summed E-state index contributed by atoms with van der Waals surface area (Å²) in [5.74, 6) is -0.873. The molecule has 1 N–H and O–H groups in total. The molecule has 1 saturated carbocycles. The zero-order chi connectivity index (χ0) is 21.6. The fourth-order valence-electron chi connectivity index (χ4n) is 3.39. The number of nitrogens with zero attached hydrogens (tertiary/aromatic N) is 3. The van der Waals surface area contributed by atoms with Gasteiger partial charge in [0.15, 0.2) is 0 Å². The van der Waals surface area contributed by atoms with Gasteiger partial charge in [0.1, 0.15) is 28.6 Å². The zero-order valence-electron chi connectivity index (χ0n) is 15.4. The largest absolute Gasteiger partial charge is 0.339 e. The molecule has 0 saturated heterocycles. The number of nitrogens with one attached hydrogen (secondary N) is 1. The molecule has 5 nitrogen and oxygen atoms in total. The Labute approximate surface area is 176 Å². The maximum atomic E-state index is 14.5. The zero-order valence-corrected chi connectivity index (χ0v) is 17.0. The molecule has 3 aromatic rings. The first-order chi connectivity index (χ1) is 14.3. The Morgan fingerprint density at radius 1 is 1.30 bits per heavy atom. The lowest BCUT2D eigenvalue weighted by Crippen LogP contribution is -2.35. The van der Waals surface area contributed by atoms with Crippen LogP contribution in [0.1, 0.15) is 36.4 Å². The van der Waals surface area contributed by atoms with Gasteiger partial charge >= 0.3 is 0 Å². The van der Waals surface area contributed by atoms with E-state index in [0.717, 1.165) is 6.07 Å². The van der Waals surface area contributed by atoms with E-state index in [2.05, 4.69) is 37.8 Å². The highest BCUT2D eigenvalue weighted by Crippen LogP contribution is 2.36. The van der Waals surface area contributed by atoms with Crippen LogP contribution >= 0.6 is 15.9 Å². The van der Waals surface area contributed by atoms with E-state index in [0.29, 0.717) is 10.9 Å². The molecular formula is C20H15BrF4N4O. The van der Waals surface area contributed by atoms with E-state index in [-0.39, 0.29) is 46.0 Å². The summed E-state index contributed by atoms with van der Waals surface area (Å²) < 4.78 is 55.4. The summed E-state index contributed by atoms with van der Waals surface area (Å²) in [6.45, 7) is 3.74. The van der Waals surface area contributed by atoms with E-state index in [4.69, 9.17) is 0 Å². The Morgan fingerprint density at radius 2 is 2.03 bits per heavy atom. The number of benzene rings is 1. The number of halogens is 5. The molecule has 0 unspecified atom stereocenters. The van der Waals surface area contributed by atoms with Crippen molar-refractivity contribution in [2.75, 3.05) is 5.32 Å². The lowest BCUT2D eigenvalue weighted by atomic mass is 9.90. The van der Waals surface area contributed by atoms with Gasteiger partial charge in [-0.25, -0.2) is 27.5 Å². The van der Waals surface area contributed by atoms with Gasteiger partial charge in [-0.3, -0.25) is 4.79 Å². The van der Waals surface area contributed by atoms with Crippen LogP contribution in [0, 0.1) is 5.82 Å². The average Bonchev–Trinajstić information content (AvgIpc) is 2.68. The van der Waals surface area contributed by atoms with Gasteiger partial charge in [-0.2, -0.15) is 0 Å². The van der Waals surface area contributed by atoms with Gasteiger partial charge in [0.25, 0.3) is 12.0 Å². The van der Waals surface area contributed by atoms with Crippen LogP contribution in [-0.2, 0) is 0 Å². The summed E-state index contributed by atoms with van der Waals surface area (Å²) in [4.78, 5) is 20.8. The quantitative estimate of drug-likeness (QED) is 0.495. The summed E-state index contributed by atoms with van der Waals surface area (Å²) in [7, 11) is 0. The Kier molecular flexibility index (Phi) is 5.35. The van der Waals surface area contributed by atoms with Crippen molar-refractivity contribution in [3.05, 3.63) is 69.1 Å². The maximum absolute atomic E-state index is 14.5. The van der Waals surface area contributed by atoms with Gasteiger partial charge in [-0.1, -0.05) is 18.7 Å². The van der Waals surface area contributed by atoms with Crippen LogP contribution < -0.4 is 10.9 Å². The van der Waals surface area contributed by atoms with Gasteiger partial charge < -0.3 is 9.88 Å². The second kappa shape index (κ2) is 7.82. The van der Waals surface area contributed by atoms with Crippen LogP contribution in [0.5, 0.6) is 0 Å². The van der Waals surface area contributed by atoms with Crippen LogP contribution in [0.3, 0.4) is 0 Å². The molecule has 1 aliphatic carbocycles. The van der Waals surface area contributed by atoms with Crippen molar-refractivity contribution in [3.63, 3.8) is 0 Å². The summed E-state index contributed by atoms with van der Waals surface area (Å²) in [5.41, 5.74) is -0.897. The van der Waals surface area contributed by atoms with Crippen LogP contribution in [0.4, 0.5) is 23.4 Å². The number of aromatic nitrogens is 3. The molecule has 10 heteroatoms. The minimum Gasteiger partial charge on any atom is -0.339 e. The van der Waals surface area contributed by atoms with Crippen LogP contribution in [-0.4, -0.2) is 20.7 Å². The normalized spacial score (nSPS) is 18.5. The fraction of sp³-hybridized carbons (Fsp3) is 0.250. The Hall–Kier alpha value is -2.75. The maximum Gasteiger partial charge on any atom is 0.267 e. The van der Waals surface area contributed by atoms with Crippen molar-refractivity contribution in [2.45, 2.75) is 31.5 Å².